The van der Waals surface area contributed by atoms with Gasteiger partial charge in [-0.1, -0.05) is 54.6 Å². The Morgan fingerprint density at radius 2 is 1.81 bits per heavy atom. The van der Waals surface area contributed by atoms with Crippen LogP contribution in [0.15, 0.2) is 96.1 Å². The quantitative estimate of drug-likeness (QED) is 0.174. The van der Waals surface area contributed by atoms with Crippen LogP contribution in [0.25, 0.3) is 10.6 Å². The number of carbonyl (C=O) groups is 1. The standard InChI is InChI=1S/C29H26N6OS/c1-21-9-5-6-12-23(21)33-29(32-20-30)34-17-18-35(25(19-34)22-10-3-2-4-11-22)28(36)27-15-14-26(37-27)24-13-7-8-16-31-24/h2-16,25H,17-19H2,1H3,(H,32,33). The van der Waals surface area contributed by atoms with Crippen LogP contribution in [0.5, 0.6) is 0 Å². The van der Waals surface area contributed by atoms with Gasteiger partial charge < -0.3 is 9.80 Å². The summed E-state index contributed by atoms with van der Waals surface area (Å²) < 4.78 is 0. The van der Waals surface area contributed by atoms with Crippen molar-refractivity contribution < 1.29 is 4.79 Å². The first-order valence-electron chi connectivity index (χ1n) is 12.1. The fourth-order valence-corrected chi connectivity index (χ4v) is 5.39. The van der Waals surface area contributed by atoms with E-state index in [1.165, 1.54) is 11.3 Å². The molecule has 5 rings (SSSR count). The van der Waals surface area contributed by atoms with E-state index in [1.807, 2.05) is 108 Å². The van der Waals surface area contributed by atoms with Crippen LogP contribution in [0.2, 0.25) is 0 Å². The Hall–Kier alpha value is -4.48. The van der Waals surface area contributed by atoms with E-state index in [0.29, 0.717) is 30.5 Å². The van der Waals surface area contributed by atoms with Gasteiger partial charge in [0.05, 0.1) is 27.2 Å². The largest absolute Gasteiger partial charge is 0.338 e. The summed E-state index contributed by atoms with van der Waals surface area (Å²) in [6, 6.07) is 27.2. The third-order valence-corrected chi connectivity index (χ3v) is 7.46. The normalized spacial score (nSPS) is 15.8. The van der Waals surface area contributed by atoms with Crippen molar-refractivity contribution >= 4 is 28.9 Å². The Kier molecular flexibility index (Phi) is 7.24. The number of nitrogens with one attached hydrogen (secondary N) is 1. The van der Waals surface area contributed by atoms with Crippen molar-refractivity contribution in [2.24, 2.45) is 4.99 Å². The van der Waals surface area contributed by atoms with Crippen molar-refractivity contribution in [2.45, 2.75) is 13.0 Å². The zero-order chi connectivity index (χ0) is 25.6. The highest BCUT2D eigenvalue weighted by molar-refractivity contribution is 7.17. The number of hydrogen-bond acceptors (Lipinski definition) is 5. The minimum atomic E-state index is -0.203. The van der Waals surface area contributed by atoms with Crippen LogP contribution in [0, 0.1) is 18.4 Å². The van der Waals surface area contributed by atoms with Gasteiger partial charge in [0.2, 0.25) is 5.96 Å². The molecule has 1 amide bonds. The first-order chi connectivity index (χ1) is 18.1. The van der Waals surface area contributed by atoms with Gasteiger partial charge in [0.1, 0.15) is 0 Å². The second-order valence-corrected chi connectivity index (χ2v) is 9.79. The van der Waals surface area contributed by atoms with Crippen molar-refractivity contribution in [1.29, 1.82) is 5.26 Å². The molecule has 1 aliphatic rings. The molecule has 37 heavy (non-hydrogen) atoms. The van der Waals surface area contributed by atoms with Gasteiger partial charge in [-0.25, -0.2) is 4.99 Å². The zero-order valence-electron chi connectivity index (χ0n) is 20.4. The molecule has 1 atom stereocenters. The fourth-order valence-electron chi connectivity index (χ4n) is 4.45. The number of nitriles is 1. The van der Waals surface area contributed by atoms with Crippen LogP contribution < -0.4 is 5.32 Å². The molecule has 1 unspecified atom stereocenters. The van der Waals surface area contributed by atoms with Crippen LogP contribution in [-0.2, 0) is 0 Å². The number of aromatic nitrogens is 1. The number of aryl methyl sites for hydroxylation is 1. The molecule has 2 aromatic carbocycles. The number of para-hydroxylation sites is 1. The molecule has 0 radical (unpaired) electrons. The molecule has 1 fully saturated rings. The van der Waals surface area contributed by atoms with Gasteiger partial charge >= 0.3 is 0 Å². The molecule has 0 saturated carbocycles. The molecule has 0 spiro atoms. The first kappa shape index (κ1) is 24.2. The summed E-state index contributed by atoms with van der Waals surface area (Å²) in [4.78, 5) is 28.6. The summed E-state index contributed by atoms with van der Waals surface area (Å²) in [6.45, 7) is 3.54. The Morgan fingerprint density at radius 3 is 2.57 bits per heavy atom. The van der Waals surface area contributed by atoms with Crippen LogP contribution in [0.3, 0.4) is 0 Å². The number of hydrogen-bond donors (Lipinski definition) is 1. The lowest BCUT2D eigenvalue weighted by Crippen LogP contribution is -2.54. The van der Waals surface area contributed by atoms with E-state index >= 15 is 0 Å². The molecule has 2 aromatic heterocycles. The van der Waals surface area contributed by atoms with Gasteiger partial charge in [0.25, 0.3) is 5.91 Å². The second-order valence-electron chi connectivity index (χ2n) is 8.71. The number of rotatable bonds is 4. The number of pyridine rings is 1. The Balaban J connectivity index is 1.44. The number of carbonyl (C=O) groups excluding carboxylic acids is 1. The maximum absolute atomic E-state index is 13.8. The summed E-state index contributed by atoms with van der Waals surface area (Å²) in [6.07, 6.45) is 3.79. The van der Waals surface area contributed by atoms with E-state index < -0.39 is 0 Å². The summed E-state index contributed by atoms with van der Waals surface area (Å²) in [5, 5.41) is 12.2. The smallest absolute Gasteiger partial charge is 0.264 e. The van der Waals surface area contributed by atoms with Crippen molar-refractivity contribution in [2.75, 3.05) is 19.6 Å². The van der Waals surface area contributed by atoms with Crippen molar-refractivity contribution in [3.63, 3.8) is 0 Å². The maximum Gasteiger partial charge on any atom is 0.264 e. The SMILES string of the molecule is Cc1ccccc1N=C(NC#N)N1CCN(C(=O)c2ccc(-c3ccccn3)s2)C(c2ccccc2)C1. The highest BCUT2D eigenvalue weighted by atomic mass is 32.1. The molecule has 1 aliphatic heterocycles. The Morgan fingerprint density at radius 1 is 1.03 bits per heavy atom. The average molecular weight is 507 g/mol. The molecule has 4 aromatic rings. The number of guanidine groups is 1. The van der Waals surface area contributed by atoms with E-state index in [-0.39, 0.29) is 11.9 Å². The van der Waals surface area contributed by atoms with Crippen LogP contribution in [0.4, 0.5) is 5.69 Å². The Labute approximate surface area is 220 Å². The van der Waals surface area contributed by atoms with Crippen LogP contribution in [-0.4, -0.2) is 46.3 Å². The van der Waals surface area contributed by atoms with Gasteiger partial charge in [-0.3, -0.25) is 15.1 Å². The Bertz CT molecular complexity index is 1440. The van der Waals surface area contributed by atoms with E-state index in [0.717, 1.165) is 27.4 Å². The van der Waals surface area contributed by atoms with Gasteiger partial charge in [0.15, 0.2) is 6.19 Å². The second kappa shape index (κ2) is 11.1. The lowest BCUT2D eigenvalue weighted by molar-refractivity contribution is 0.0552. The first-order valence-corrected chi connectivity index (χ1v) is 12.9. The van der Waals surface area contributed by atoms with E-state index in [1.54, 1.807) is 6.20 Å². The van der Waals surface area contributed by atoms with Crippen molar-refractivity contribution in [3.8, 4) is 16.8 Å². The molecule has 3 heterocycles. The minimum Gasteiger partial charge on any atom is -0.338 e. The average Bonchev–Trinajstić information content (AvgIpc) is 3.45. The summed E-state index contributed by atoms with van der Waals surface area (Å²) in [5.74, 6) is 0.477. The molecule has 184 valence electrons. The fraction of sp³-hybridized carbons (Fsp3) is 0.172. The number of nitrogens with zero attached hydrogens (tertiary/aromatic N) is 5. The number of thiophene rings is 1. The van der Waals surface area contributed by atoms with Crippen molar-refractivity contribution in [1.82, 2.24) is 20.1 Å². The summed E-state index contributed by atoms with van der Waals surface area (Å²) in [5.41, 5.74) is 3.72. The van der Waals surface area contributed by atoms with Gasteiger partial charge in [-0.05, 0) is 48.4 Å². The predicted molar refractivity (Wildman–Crippen MR) is 146 cm³/mol. The van der Waals surface area contributed by atoms with Gasteiger partial charge in [-0.15, -0.1) is 11.3 Å². The molecule has 1 N–H and O–H groups in total. The monoisotopic (exact) mass is 506 g/mol. The molecule has 7 nitrogen and oxygen atoms in total. The summed E-state index contributed by atoms with van der Waals surface area (Å²) >= 11 is 1.46. The predicted octanol–water partition coefficient (Wildman–Crippen LogP) is 5.38. The van der Waals surface area contributed by atoms with E-state index in [9.17, 15) is 10.1 Å². The zero-order valence-corrected chi connectivity index (χ0v) is 21.2. The van der Waals surface area contributed by atoms with Gasteiger partial charge in [0, 0.05) is 25.8 Å². The highest BCUT2D eigenvalue weighted by Gasteiger charge is 2.34. The molecule has 1 saturated heterocycles. The topological polar surface area (TPSA) is 84.6 Å². The van der Waals surface area contributed by atoms with Crippen LogP contribution >= 0.6 is 11.3 Å². The molecule has 0 aliphatic carbocycles. The van der Waals surface area contributed by atoms with Crippen LogP contribution in [0.1, 0.15) is 26.8 Å². The number of piperazine rings is 1. The van der Waals surface area contributed by atoms with Gasteiger partial charge in [-0.2, -0.15) is 5.26 Å². The molecular formula is C29H26N6OS. The van der Waals surface area contributed by atoms with E-state index in [2.05, 4.69) is 10.3 Å². The third-order valence-electron chi connectivity index (χ3n) is 6.37. The number of aliphatic imine (C=N–C) groups is 1. The molecule has 8 heteroatoms. The lowest BCUT2D eigenvalue weighted by atomic mass is 10.0. The maximum atomic E-state index is 13.8. The lowest BCUT2D eigenvalue weighted by Gasteiger charge is -2.42. The van der Waals surface area contributed by atoms with Crippen molar-refractivity contribution in [3.05, 3.63) is 107 Å². The third kappa shape index (κ3) is 5.37. The number of benzene rings is 2. The van der Waals surface area contributed by atoms with E-state index in [4.69, 9.17) is 4.99 Å². The highest BCUT2D eigenvalue weighted by Crippen LogP contribution is 2.32. The molecular weight excluding hydrogens is 480 g/mol. The summed E-state index contributed by atoms with van der Waals surface area (Å²) in [7, 11) is 0. The number of amides is 1. The molecule has 0 bridgehead atoms. The minimum absolute atomic E-state index is 0.00804.